The molecular formula is C13H16O4. The molecule has 0 atom stereocenters. The van der Waals surface area contributed by atoms with Crippen molar-refractivity contribution in [3.05, 3.63) is 35.4 Å². The summed E-state index contributed by atoms with van der Waals surface area (Å²) in [5.41, 5.74) is 0.168. The van der Waals surface area contributed by atoms with E-state index in [0.717, 1.165) is 5.56 Å². The molecule has 1 aromatic rings. The lowest BCUT2D eigenvalue weighted by molar-refractivity contribution is -0.148. The molecule has 4 nitrogen and oxygen atoms in total. The second kappa shape index (κ2) is 4.99. The zero-order chi connectivity index (χ0) is 13.1. The van der Waals surface area contributed by atoms with Gasteiger partial charge in [0.15, 0.2) is 0 Å². The maximum atomic E-state index is 11.7. The lowest BCUT2D eigenvalue weighted by atomic mass is 9.84. The van der Waals surface area contributed by atoms with Crippen molar-refractivity contribution in [2.24, 2.45) is 0 Å². The van der Waals surface area contributed by atoms with Crippen LogP contribution in [0.15, 0.2) is 24.3 Å². The predicted molar refractivity (Wildman–Crippen MR) is 63.1 cm³/mol. The highest BCUT2D eigenvalue weighted by molar-refractivity contribution is 5.88. The van der Waals surface area contributed by atoms with Crippen molar-refractivity contribution < 1.29 is 19.4 Å². The van der Waals surface area contributed by atoms with Gasteiger partial charge in [-0.2, -0.15) is 0 Å². The summed E-state index contributed by atoms with van der Waals surface area (Å²) in [4.78, 5) is 22.5. The van der Waals surface area contributed by atoms with Gasteiger partial charge in [-0.05, 0) is 38.5 Å². The summed E-state index contributed by atoms with van der Waals surface area (Å²) in [6, 6.07) is 6.25. The van der Waals surface area contributed by atoms with Gasteiger partial charge < -0.3 is 9.84 Å². The topological polar surface area (TPSA) is 63.6 Å². The molecule has 0 aromatic heterocycles. The van der Waals surface area contributed by atoms with Crippen LogP contribution in [0.2, 0.25) is 0 Å². The third kappa shape index (κ3) is 2.84. The highest BCUT2D eigenvalue weighted by Gasteiger charge is 2.31. The van der Waals surface area contributed by atoms with Crippen molar-refractivity contribution in [3.8, 4) is 0 Å². The molecule has 0 saturated carbocycles. The predicted octanol–water partition coefficient (Wildman–Crippen LogP) is 2.23. The van der Waals surface area contributed by atoms with Crippen LogP contribution in [0.5, 0.6) is 0 Å². The second-order valence-corrected chi connectivity index (χ2v) is 4.23. The van der Waals surface area contributed by atoms with Crippen molar-refractivity contribution in [1.29, 1.82) is 0 Å². The van der Waals surface area contributed by atoms with Gasteiger partial charge in [-0.3, -0.25) is 4.79 Å². The molecule has 0 unspecified atom stereocenters. The van der Waals surface area contributed by atoms with Gasteiger partial charge >= 0.3 is 11.9 Å². The number of carboxylic acid groups (broad SMARTS) is 1. The lowest BCUT2D eigenvalue weighted by Gasteiger charge is -2.22. The highest BCUT2D eigenvalue weighted by Crippen LogP contribution is 2.25. The Labute approximate surface area is 100 Å². The van der Waals surface area contributed by atoms with E-state index in [1.54, 1.807) is 32.9 Å². The van der Waals surface area contributed by atoms with Crippen molar-refractivity contribution in [2.45, 2.75) is 26.2 Å². The van der Waals surface area contributed by atoms with E-state index >= 15 is 0 Å². The summed E-state index contributed by atoms with van der Waals surface area (Å²) < 4.78 is 4.98. The average molecular weight is 236 g/mol. The maximum Gasteiger partial charge on any atom is 0.335 e. The van der Waals surface area contributed by atoms with Gasteiger partial charge in [-0.15, -0.1) is 0 Å². The largest absolute Gasteiger partial charge is 0.478 e. The first-order chi connectivity index (χ1) is 7.89. The van der Waals surface area contributed by atoms with Crippen LogP contribution in [0.4, 0.5) is 0 Å². The summed E-state index contributed by atoms with van der Waals surface area (Å²) in [5, 5.41) is 8.78. The third-order valence-electron chi connectivity index (χ3n) is 2.64. The Kier molecular flexibility index (Phi) is 3.89. The van der Waals surface area contributed by atoms with Crippen LogP contribution in [-0.4, -0.2) is 23.7 Å². The molecule has 0 fully saturated rings. The van der Waals surface area contributed by atoms with Crippen LogP contribution in [0.3, 0.4) is 0 Å². The molecule has 1 rings (SSSR count). The number of carbonyl (C=O) groups is 2. The molecule has 0 saturated heterocycles. The van der Waals surface area contributed by atoms with E-state index in [-0.39, 0.29) is 11.5 Å². The Morgan fingerprint density at radius 3 is 2.18 bits per heavy atom. The van der Waals surface area contributed by atoms with Gasteiger partial charge in [-0.25, -0.2) is 4.79 Å². The summed E-state index contributed by atoms with van der Waals surface area (Å²) >= 11 is 0. The number of benzene rings is 1. The number of rotatable bonds is 4. The number of aromatic carboxylic acids is 1. The van der Waals surface area contributed by atoms with Gasteiger partial charge in [0.25, 0.3) is 0 Å². The first kappa shape index (κ1) is 13.2. The lowest BCUT2D eigenvalue weighted by Crippen LogP contribution is -2.31. The Bertz CT molecular complexity index is 418. The SMILES string of the molecule is CCOC(=O)C(C)(C)c1ccc(C(=O)O)cc1. The Hall–Kier alpha value is -1.84. The number of hydrogen-bond acceptors (Lipinski definition) is 3. The minimum atomic E-state index is -0.981. The van der Waals surface area contributed by atoms with E-state index in [2.05, 4.69) is 0 Å². The van der Waals surface area contributed by atoms with Crippen LogP contribution < -0.4 is 0 Å². The molecule has 0 radical (unpaired) electrons. The molecule has 0 heterocycles. The molecule has 0 spiro atoms. The molecule has 4 heteroatoms. The number of carbonyl (C=O) groups excluding carboxylic acids is 1. The quantitative estimate of drug-likeness (QED) is 0.814. The molecular weight excluding hydrogens is 220 g/mol. The molecule has 0 aliphatic carbocycles. The molecule has 1 N–H and O–H groups in total. The second-order valence-electron chi connectivity index (χ2n) is 4.23. The summed E-state index contributed by atoms with van der Waals surface area (Å²) in [5.74, 6) is -1.30. The highest BCUT2D eigenvalue weighted by atomic mass is 16.5. The van der Waals surface area contributed by atoms with E-state index in [0.29, 0.717) is 6.61 Å². The summed E-state index contributed by atoms with van der Waals surface area (Å²) in [7, 11) is 0. The monoisotopic (exact) mass is 236 g/mol. The zero-order valence-corrected chi connectivity index (χ0v) is 10.2. The van der Waals surface area contributed by atoms with Crippen molar-refractivity contribution in [1.82, 2.24) is 0 Å². The molecule has 17 heavy (non-hydrogen) atoms. The van der Waals surface area contributed by atoms with Crippen molar-refractivity contribution in [2.75, 3.05) is 6.61 Å². The van der Waals surface area contributed by atoms with Gasteiger partial charge in [0.1, 0.15) is 0 Å². The Balaban J connectivity index is 2.99. The van der Waals surface area contributed by atoms with Crippen molar-refractivity contribution in [3.63, 3.8) is 0 Å². The standard InChI is InChI=1S/C13H16O4/c1-4-17-12(16)13(2,3)10-7-5-9(6-8-10)11(14)15/h5-8H,4H2,1-3H3,(H,14,15). The molecule has 0 bridgehead atoms. The van der Waals surface area contributed by atoms with Gasteiger partial charge in [0.05, 0.1) is 17.6 Å². The van der Waals surface area contributed by atoms with Gasteiger partial charge in [0, 0.05) is 0 Å². The Morgan fingerprint density at radius 2 is 1.76 bits per heavy atom. The average Bonchev–Trinajstić information content (AvgIpc) is 2.29. The van der Waals surface area contributed by atoms with Crippen LogP contribution in [0, 0.1) is 0 Å². The van der Waals surface area contributed by atoms with E-state index in [1.807, 2.05) is 0 Å². The third-order valence-corrected chi connectivity index (χ3v) is 2.64. The smallest absolute Gasteiger partial charge is 0.335 e. The van der Waals surface area contributed by atoms with Crippen LogP contribution in [0.25, 0.3) is 0 Å². The van der Waals surface area contributed by atoms with Crippen molar-refractivity contribution >= 4 is 11.9 Å². The zero-order valence-electron chi connectivity index (χ0n) is 10.2. The van der Waals surface area contributed by atoms with Crippen LogP contribution in [0.1, 0.15) is 36.7 Å². The molecule has 92 valence electrons. The van der Waals surface area contributed by atoms with E-state index in [9.17, 15) is 9.59 Å². The number of esters is 1. The number of carboxylic acids is 1. The summed E-state index contributed by atoms with van der Waals surface area (Å²) in [6.07, 6.45) is 0. The van der Waals surface area contributed by atoms with Crippen LogP contribution in [-0.2, 0) is 14.9 Å². The van der Waals surface area contributed by atoms with Gasteiger partial charge in [-0.1, -0.05) is 12.1 Å². The molecule has 0 aliphatic heterocycles. The maximum absolute atomic E-state index is 11.7. The van der Waals surface area contributed by atoms with Gasteiger partial charge in [0.2, 0.25) is 0 Å². The molecule has 0 aliphatic rings. The Morgan fingerprint density at radius 1 is 1.24 bits per heavy atom. The first-order valence-electron chi connectivity index (χ1n) is 5.40. The normalized spacial score (nSPS) is 11.0. The number of hydrogen-bond donors (Lipinski definition) is 1. The fourth-order valence-corrected chi connectivity index (χ4v) is 1.46. The number of ether oxygens (including phenoxy) is 1. The van der Waals surface area contributed by atoms with E-state index < -0.39 is 11.4 Å². The molecule has 0 amide bonds. The minimum absolute atomic E-state index is 0.202. The fraction of sp³-hybridized carbons (Fsp3) is 0.385. The minimum Gasteiger partial charge on any atom is -0.478 e. The van der Waals surface area contributed by atoms with E-state index in [4.69, 9.17) is 9.84 Å². The van der Waals surface area contributed by atoms with E-state index in [1.165, 1.54) is 12.1 Å². The fourth-order valence-electron chi connectivity index (χ4n) is 1.46. The molecule has 1 aromatic carbocycles. The summed E-state index contributed by atoms with van der Waals surface area (Å²) in [6.45, 7) is 5.58. The first-order valence-corrected chi connectivity index (χ1v) is 5.40. The van der Waals surface area contributed by atoms with Crippen LogP contribution >= 0.6 is 0 Å².